The van der Waals surface area contributed by atoms with Gasteiger partial charge in [0.1, 0.15) is 17.6 Å². The maximum atomic E-state index is 12.8. The smallest absolute Gasteiger partial charge is 0.325 e. The number of imide groups is 1. The van der Waals surface area contributed by atoms with Gasteiger partial charge < -0.3 is 15.4 Å². The van der Waals surface area contributed by atoms with E-state index in [0.717, 1.165) is 22.3 Å². The van der Waals surface area contributed by atoms with Crippen molar-refractivity contribution in [3.05, 3.63) is 64.2 Å². The van der Waals surface area contributed by atoms with Crippen LogP contribution in [0.15, 0.2) is 36.4 Å². The van der Waals surface area contributed by atoms with E-state index in [1.807, 2.05) is 25.1 Å². The number of nitrogens with one attached hydrogen (secondary N) is 1. The number of hydrogen-bond donors (Lipinski definition) is 2. The van der Waals surface area contributed by atoms with Crippen LogP contribution in [0.2, 0.25) is 0 Å². The highest BCUT2D eigenvalue weighted by Gasteiger charge is 2.39. The SMILES string of the molecule is Cc1ccc(CC(=O)CCc2ccc3c(c2)CN(C2CCC(=O)NC2=O)C3=O)cc1OC(=O)CN. The summed E-state index contributed by atoms with van der Waals surface area (Å²) in [7, 11) is 0. The van der Waals surface area contributed by atoms with Crippen LogP contribution in [0, 0.1) is 6.92 Å². The van der Waals surface area contributed by atoms with Crippen molar-refractivity contribution < 1.29 is 28.7 Å². The normalized spacial score (nSPS) is 17.3. The summed E-state index contributed by atoms with van der Waals surface area (Å²) >= 11 is 0. The summed E-state index contributed by atoms with van der Waals surface area (Å²) in [6, 6.07) is 10.1. The van der Waals surface area contributed by atoms with Crippen molar-refractivity contribution in [3.8, 4) is 5.75 Å². The number of nitrogens with two attached hydrogens (primary N) is 1. The Morgan fingerprint density at radius 2 is 1.89 bits per heavy atom. The summed E-state index contributed by atoms with van der Waals surface area (Å²) in [6.45, 7) is 1.89. The van der Waals surface area contributed by atoms with E-state index in [9.17, 15) is 24.0 Å². The summed E-state index contributed by atoms with van der Waals surface area (Å²) in [5.74, 6) is -1.09. The van der Waals surface area contributed by atoms with E-state index in [2.05, 4.69) is 5.32 Å². The van der Waals surface area contributed by atoms with Crippen LogP contribution in [0.4, 0.5) is 0 Å². The molecule has 0 spiro atoms. The van der Waals surface area contributed by atoms with Crippen LogP contribution < -0.4 is 15.8 Å². The van der Waals surface area contributed by atoms with E-state index in [0.29, 0.717) is 37.1 Å². The lowest BCUT2D eigenvalue weighted by Crippen LogP contribution is -2.52. The standard InChI is InChI=1S/C26H27N3O6/c1-15-2-3-17(12-22(15)35-24(32)13-27)11-19(30)6-4-16-5-7-20-18(10-16)14-29(26(20)34)21-8-9-23(31)28-25(21)33/h2-3,5,7,10,12,21H,4,6,8-9,11,13-14,27H2,1H3,(H,28,31,33). The number of rotatable bonds is 8. The Morgan fingerprint density at radius 3 is 2.63 bits per heavy atom. The molecule has 0 aliphatic carbocycles. The number of piperidine rings is 1. The van der Waals surface area contributed by atoms with Crippen molar-refractivity contribution in [2.24, 2.45) is 5.73 Å². The number of amides is 3. The number of nitrogens with zero attached hydrogens (tertiary/aromatic N) is 1. The van der Waals surface area contributed by atoms with E-state index in [-0.39, 0.29) is 37.0 Å². The van der Waals surface area contributed by atoms with Crippen LogP contribution in [-0.4, -0.2) is 47.0 Å². The fourth-order valence-corrected chi connectivity index (χ4v) is 4.41. The monoisotopic (exact) mass is 477 g/mol. The summed E-state index contributed by atoms with van der Waals surface area (Å²) in [6.07, 6.45) is 1.56. The summed E-state index contributed by atoms with van der Waals surface area (Å²) < 4.78 is 5.21. The van der Waals surface area contributed by atoms with Crippen LogP contribution in [0.25, 0.3) is 0 Å². The third-order valence-electron chi connectivity index (χ3n) is 6.32. The third-order valence-corrected chi connectivity index (χ3v) is 6.32. The van der Waals surface area contributed by atoms with Gasteiger partial charge in [0.25, 0.3) is 5.91 Å². The zero-order valence-corrected chi connectivity index (χ0v) is 19.5. The molecule has 0 bridgehead atoms. The number of fused-ring (bicyclic) bond motifs is 1. The highest BCUT2D eigenvalue weighted by molar-refractivity contribution is 6.05. The second-order valence-electron chi connectivity index (χ2n) is 8.88. The molecule has 1 atom stereocenters. The molecular weight excluding hydrogens is 450 g/mol. The van der Waals surface area contributed by atoms with Gasteiger partial charge >= 0.3 is 5.97 Å². The zero-order valence-electron chi connectivity index (χ0n) is 19.5. The Bertz CT molecular complexity index is 1220. The largest absolute Gasteiger partial charge is 0.425 e. The van der Waals surface area contributed by atoms with Gasteiger partial charge in [-0.1, -0.05) is 24.3 Å². The van der Waals surface area contributed by atoms with Crippen molar-refractivity contribution in [1.82, 2.24) is 10.2 Å². The molecule has 35 heavy (non-hydrogen) atoms. The Labute approximate surface area is 202 Å². The molecule has 0 radical (unpaired) electrons. The molecule has 4 rings (SSSR count). The Morgan fingerprint density at radius 1 is 1.11 bits per heavy atom. The zero-order chi connectivity index (χ0) is 25.1. The van der Waals surface area contributed by atoms with Crippen molar-refractivity contribution in [2.45, 2.75) is 51.6 Å². The fraction of sp³-hybridized carbons (Fsp3) is 0.346. The molecule has 0 saturated carbocycles. The molecule has 1 saturated heterocycles. The average molecular weight is 478 g/mol. The van der Waals surface area contributed by atoms with Crippen LogP contribution in [0.5, 0.6) is 5.75 Å². The first kappa shape index (κ1) is 24.3. The molecule has 2 aromatic carbocycles. The van der Waals surface area contributed by atoms with E-state index in [1.165, 1.54) is 4.90 Å². The molecule has 3 N–H and O–H groups in total. The van der Waals surface area contributed by atoms with Gasteiger partial charge in [-0.15, -0.1) is 0 Å². The minimum Gasteiger partial charge on any atom is -0.425 e. The van der Waals surface area contributed by atoms with Crippen LogP contribution >= 0.6 is 0 Å². The molecule has 182 valence electrons. The quantitative estimate of drug-likeness (QED) is 0.333. The first-order valence-corrected chi connectivity index (χ1v) is 11.5. The maximum Gasteiger partial charge on any atom is 0.325 e. The van der Waals surface area contributed by atoms with Crippen molar-refractivity contribution >= 4 is 29.5 Å². The van der Waals surface area contributed by atoms with Crippen molar-refractivity contribution in [1.29, 1.82) is 0 Å². The number of aryl methyl sites for hydroxylation is 2. The molecule has 9 heteroatoms. The van der Waals surface area contributed by atoms with Gasteiger partial charge in [0, 0.05) is 31.4 Å². The molecule has 2 aliphatic heterocycles. The lowest BCUT2D eigenvalue weighted by molar-refractivity contribution is -0.137. The second-order valence-corrected chi connectivity index (χ2v) is 8.88. The van der Waals surface area contributed by atoms with Gasteiger partial charge in [-0.3, -0.25) is 29.3 Å². The summed E-state index contributed by atoms with van der Waals surface area (Å²) in [5.41, 5.74) is 9.12. The van der Waals surface area contributed by atoms with Gasteiger partial charge in [-0.05, 0) is 54.2 Å². The molecule has 2 aromatic rings. The molecule has 2 aliphatic rings. The Balaban J connectivity index is 1.36. The van der Waals surface area contributed by atoms with Gasteiger partial charge in [0.05, 0.1) is 6.54 Å². The van der Waals surface area contributed by atoms with E-state index < -0.39 is 17.9 Å². The van der Waals surface area contributed by atoms with Crippen LogP contribution in [0.1, 0.15) is 51.9 Å². The minimum absolute atomic E-state index is 0.0340. The number of carbonyl (C=O) groups excluding carboxylic acids is 5. The summed E-state index contributed by atoms with van der Waals surface area (Å²) in [5, 5.41) is 2.30. The molecule has 1 fully saturated rings. The Hall–Kier alpha value is -3.85. The third kappa shape index (κ3) is 5.46. The Kier molecular flexibility index (Phi) is 7.07. The first-order valence-electron chi connectivity index (χ1n) is 11.5. The minimum atomic E-state index is -0.652. The molecule has 3 amide bonds. The van der Waals surface area contributed by atoms with Crippen molar-refractivity contribution in [3.63, 3.8) is 0 Å². The molecule has 2 heterocycles. The van der Waals surface area contributed by atoms with Crippen LogP contribution in [-0.2, 0) is 38.6 Å². The number of benzene rings is 2. The maximum absolute atomic E-state index is 12.8. The molecule has 0 aromatic heterocycles. The molecular formula is C26H27N3O6. The topological polar surface area (TPSA) is 136 Å². The number of ketones is 1. The van der Waals surface area contributed by atoms with Crippen molar-refractivity contribution in [2.75, 3.05) is 6.54 Å². The van der Waals surface area contributed by atoms with E-state index in [4.69, 9.17) is 10.5 Å². The predicted octanol–water partition coefficient (Wildman–Crippen LogP) is 1.36. The molecule has 1 unspecified atom stereocenters. The fourth-order valence-electron chi connectivity index (χ4n) is 4.41. The average Bonchev–Trinajstić information content (AvgIpc) is 3.15. The van der Waals surface area contributed by atoms with E-state index >= 15 is 0 Å². The van der Waals surface area contributed by atoms with Gasteiger partial charge in [0.2, 0.25) is 11.8 Å². The van der Waals surface area contributed by atoms with E-state index in [1.54, 1.807) is 18.2 Å². The second kappa shape index (κ2) is 10.2. The number of ether oxygens (including phenoxy) is 1. The highest BCUT2D eigenvalue weighted by Crippen LogP contribution is 2.28. The van der Waals surface area contributed by atoms with Crippen LogP contribution in [0.3, 0.4) is 0 Å². The van der Waals surface area contributed by atoms with Gasteiger partial charge in [-0.2, -0.15) is 0 Å². The lowest BCUT2D eigenvalue weighted by Gasteiger charge is -2.29. The van der Waals surface area contributed by atoms with Gasteiger partial charge in [-0.25, -0.2) is 0 Å². The number of esters is 1. The molecule has 9 nitrogen and oxygen atoms in total. The lowest BCUT2D eigenvalue weighted by atomic mass is 9.99. The first-order chi connectivity index (χ1) is 16.7. The van der Waals surface area contributed by atoms with Gasteiger partial charge in [0.15, 0.2) is 0 Å². The number of Topliss-reactive ketones (excluding diaryl/α,β-unsaturated/α-hetero) is 1. The highest BCUT2D eigenvalue weighted by atomic mass is 16.5. The number of carbonyl (C=O) groups is 5. The predicted molar refractivity (Wildman–Crippen MR) is 125 cm³/mol. The summed E-state index contributed by atoms with van der Waals surface area (Å²) in [4.78, 5) is 62.0. The number of hydrogen-bond acceptors (Lipinski definition) is 7.